The summed E-state index contributed by atoms with van der Waals surface area (Å²) in [7, 11) is 0. The zero-order valence-corrected chi connectivity index (χ0v) is 11.6. The van der Waals surface area contributed by atoms with Crippen molar-refractivity contribution in [2.45, 2.75) is 75.5 Å². The summed E-state index contributed by atoms with van der Waals surface area (Å²) in [5.74, 6) is -1.55. The molecule has 2 rings (SSSR count). The molecule has 2 atom stereocenters. The number of rotatable bonds is 2. The van der Waals surface area contributed by atoms with Crippen LogP contribution in [-0.2, 0) is 4.79 Å². The van der Waals surface area contributed by atoms with E-state index in [-0.39, 0.29) is 24.8 Å². The second-order valence-electron chi connectivity index (χ2n) is 6.29. The Morgan fingerprint density at radius 1 is 1.10 bits per heavy atom. The fourth-order valence-electron chi connectivity index (χ4n) is 3.36. The van der Waals surface area contributed by atoms with E-state index >= 15 is 0 Å². The fourth-order valence-corrected chi connectivity index (χ4v) is 3.36. The van der Waals surface area contributed by atoms with E-state index < -0.39 is 17.6 Å². The number of halogens is 3. The van der Waals surface area contributed by atoms with Gasteiger partial charge in [-0.05, 0) is 32.1 Å². The molecule has 2 saturated carbocycles. The third-order valence-corrected chi connectivity index (χ3v) is 4.67. The lowest BCUT2D eigenvalue weighted by Gasteiger charge is -2.36. The molecule has 0 bridgehead atoms. The predicted molar refractivity (Wildman–Crippen MR) is 69.9 cm³/mol. The molecular formula is C14H23F3N2O. The van der Waals surface area contributed by atoms with Gasteiger partial charge in [-0.3, -0.25) is 4.79 Å². The Bertz CT molecular complexity index is 351. The van der Waals surface area contributed by atoms with Gasteiger partial charge >= 0.3 is 6.18 Å². The van der Waals surface area contributed by atoms with Crippen molar-refractivity contribution in [2.75, 3.05) is 0 Å². The van der Waals surface area contributed by atoms with Crippen molar-refractivity contribution in [3.8, 4) is 0 Å². The first-order valence-corrected chi connectivity index (χ1v) is 7.48. The van der Waals surface area contributed by atoms with Gasteiger partial charge in [0.2, 0.25) is 5.91 Å². The number of nitrogens with two attached hydrogens (primary N) is 1. The quantitative estimate of drug-likeness (QED) is 0.822. The highest BCUT2D eigenvalue weighted by atomic mass is 19.4. The smallest absolute Gasteiger partial charge is 0.352 e. The number of nitrogens with one attached hydrogen (secondary N) is 1. The van der Waals surface area contributed by atoms with Crippen LogP contribution in [0.2, 0.25) is 0 Å². The Balaban J connectivity index is 1.90. The van der Waals surface area contributed by atoms with E-state index in [1.54, 1.807) is 0 Å². The molecule has 0 aliphatic heterocycles. The number of amides is 1. The van der Waals surface area contributed by atoms with E-state index in [9.17, 15) is 18.0 Å². The monoisotopic (exact) mass is 292 g/mol. The number of carbonyl (C=O) groups excluding carboxylic acids is 1. The lowest BCUT2D eigenvalue weighted by Crippen LogP contribution is -2.57. The number of hydrogen-bond acceptors (Lipinski definition) is 2. The van der Waals surface area contributed by atoms with E-state index in [1.807, 2.05) is 0 Å². The van der Waals surface area contributed by atoms with Crippen molar-refractivity contribution in [1.82, 2.24) is 5.32 Å². The van der Waals surface area contributed by atoms with Gasteiger partial charge in [0.15, 0.2) is 0 Å². The molecule has 0 radical (unpaired) electrons. The second-order valence-corrected chi connectivity index (χ2v) is 6.29. The Morgan fingerprint density at radius 3 is 2.35 bits per heavy atom. The van der Waals surface area contributed by atoms with E-state index in [4.69, 9.17) is 5.73 Å². The standard InChI is InChI=1S/C14H23F3N2O/c15-14(16,17)10-5-4-6-11(9-10)19-12(20)13(18)7-2-1-3-8-13/h10-11H,1-9,18H2,(H,19,20). The number of hydrogen-bond donors (Lipinski definition) is 2. The highest BCUT2D eigenvalue weighted by Gasteiger charge is 2.43. The molecule has 0 heterocycles. The molecule has 3 N–H and O–H groups in total. The van der Waals surface area contributed by atoms with E-state index in [0.717, 1.165) is 19.3 Å². The molecule has 20 heavy (non-hydrogen) atoms. The number of carbonyl (C=O) groups is 1. The first-order chi connectivity index (χ1) is 9.31. The van der Waals surface area contributed by atoms with Gasteiger partial charge < -0.3 is 11.1 Å². The summed E-state index contributed by atoms with van der Waals surface area (Å²) in [5, 5.41) is 2.77. The van der Waals surface area contributed by atoms with Gasteiger partial charge in [-0.25, -0.2) is 0 Å². The van der Waals surface area contributed by atoms with Gasteiger partial charge in [0.1, 0.15) is 0 Å². The average Bonchev–Trinajstić information content (AvgIpc) is 2.39. The van der Waals surface area contributed by atoms with Crippen LogP contribution in [0.3, 0.4) is 0 Å². The maximum Gasteiger partial charge on any atom is 0.391 e. The normalized spacial score (nSPS) is 30.8. The van der Waals surface area contributed by atoms with Gasteiger partial charge in [0.05, 0.1) is 11.5 Å². The van der Waals surface area contributed by atoms with Gasteiger partial charge in [0, 0.05) is 6.04 Å². The van der Waals surface area contributed by atoms with E-state index in [2.05, 4.69) is 5.32 Å². The predicted octanol–water partition coefficient (Wildman–Crippen LogP) is 2.89. The molecule has 116 valence electrons. The van der Waals surface area contributed by atoms with Crippen molar-refractivity contribution in [2.24, 2.45) is 11.7 Å². The van der Waals surface area contributed by atoms with Crippen LogP contribution in [-0.4, -0.2) is 23.7 Å². The second kappa shape index (κ2) is 5.92. The molecule has 2 fully saturated rings. The zero-order chi connectivity index (χ0) is 14.8. The summed E-state index contributed by atoms with van der Waals surface area (Å²) >= 11 is 0. The minimum absolute atomic E-state index is 0.00861. The minimum atomic E-state index is -4.16. The summed E-state index contributed by atoms with van der Waals surface area (Å²) < 4.78 is 38.2. The molecule has 0 aromatic heterocycles. The number of alkyl halides is 3. The SMILES string of the molecule is NC1(C(=O)NC2CCCC(C(F)(F)F)C2)CCCCC1. The zero-order valence-electron chi connectivity index (χ0n) is 11.6. The van der Waals surface area contributed by atoms with Crippen molar-refractivity contribution in [3.05, 3.63) is 0 Å². The highest BCUT2D eigenvalue weighted by Crippen LogP contribution is 2.37. The lowest BCUT2D eigenvalue weighted by molar-refractivity contribution is -0.184. The molecule has 0 aromatic rings. The Morgan fingerprint density at radius 2 is 1.75 bits per heavy atom. The summed E-state index contributed by atoms with van der Waals surface area (Å²) in [6.07, 6.45) is 1.30. The van der Waals surface area contributed by atoms with Crippen LogP contribution in [0.4, 0.5) is 13.2 Å². The van der Waals surface area contributed by atoms with Crippen molar-refractivity contribution >= 4 is 5.91 Å². The van der Waals surface area contributed by atoms with Gasteiger partial charge in [-0.2, -0.15) is 13.2 Å². The summed E-state index contributed by atoms with van der Waals surface area (Å²) in [6.45, 7) is 0. The molecule has 2 unspecified atom stereocenters. The maximum absolute atomic E-state index is 12.7. The van der Waals surface area contributed by atoms with Crippen LogP contribution >= 0.6 is 0 Å². The molecule has 0 saturated heterocycles. The fraction of sp³-hybridized carbons (Fsp3) is 0.929. The molecule has 2 aliphatic carbocycles. The topological polar surface area (TPSA) is 55.1 Å². The van der Waals surface area contributed by atoms with Crippen LogP contribution < -0.4 is 11.1 Å². The van der Waals surface area contributed by atoms with Crippen molar-refractivity contribution < 1.29 is 18.0 Å². The minimum Gasteiger partial charge on any atom is -0.352 e. The third kappa shape index (κ3) is 3.65. The van der Waals surface area contributed by atoms with Gasteiger partial charge in [-0.1, -0.05) is 25.7 Å². The summed E-state index contributed by atoms with van der Waals surface area (Å²) in [6, 6.07) is -0.384. The van der Waals surface area contributed by atoms with Gasteiger partial charge in [0.25, 0.3) is 0 Å². The first-order valence-electron chi connectivity index (χ1n) is 7.48. The first kappa shape index (κ1) is 15.6. The van der Waals surface area contributed by atoms with Crippen LogP contribution in [0.15, 0.2) is 0 Å². The Labute approximate surface area is 117 Å². The maximum atomic E-state index is 12.7. The largest absolute Gasteiger partial charge is 0.391 e. The lowest BCUT2D eigenvalue weighted by atomic mass is 9.80. The van der Waals surface area contributed by atoms with Crippen molar-refractivity contribution in [3.63, 3.8) is 0 Å². The highest BCUT2D eigenvalue weighted by molar-refractivity contribution is 5.86. The molecule has 6 heteroatoms. The van der Waals surface area contributed by atoms with E-state index in [0.29, 0.717) is 25.7 Å². The average molecular weight is 292 g/mol. The molecular weight excluding hydrogens is 269 g/mol. The summed E-state index contributed by atoms with van der Waals surface area (Å²) in [4.78, 5) is 12.2. The van der Waals surface area contributed by atoms with Crippen LogP contribution in [0, 0.1) is 5.92 Å². The van der Waals surface area contributed by atoms with Crippen LogP contribution in [0.25, 0.3) is 0 Å². The van der Waals surface area contributed by atoms with E-state index in [1.165, 1.54) is 0 Å². The van der Waals surface area contributed by atoms with Crippen LogP contribution in [0.1, 0.15) is 57.8 Å². The molecule has 0 spiro atoms. The van der Waals surface area contributed by atoms with Gasteiger partial charge in [-0.15, -0.1) is 0 Å². The summed E-state index contributed by atoms with van der Waals surface area (Å²) in [5.41, 5.74) is 5.23. The Hall–Kier alpha value is -0.780. The van der Waals surface area contributed by atoms with Crippen molar-refractivity contribution in [1.29, 1.82) is 0 Å². The molecule has 0 aromatic carbocycles. The third-order valence-electron chi connectivity index (χ3n) is 4.67. The molecule has 3 nitrogen and oxygen atoms in total. The van der Waals surface area contributed by atoms with Crippen LogP contribution in [0.5, 0.6) is 0 Å². The molecule has 1 amide bonds. The molecule has 2 aliphatic rings. The Kier molecular flexibility index (Phi) is 4.62.